The zero-order chi connectivity index (χ0) is 18.4. The van der Waals surface area contributed by atoms with Crippen molar-refractivity contribution in [1.29, 1.82) is 0 Å². The van der Waals surface area contributed by atoms with Gasteiger partial charge in [-0.25, -0.2) is 9.69 Å². The van der Waals surface area contributed by atoms with Gasteiger partial charge in [-0.15, -0.1) is 12.6 Å². The van der Waals surface area contributed by atoms with Gasteiger partial charge in [-0.05, 0) is 50.1 Å². The summed E-state index contributed by atoms with van der Waals surface area (Å²) >= 11 is 10.7. The number of aryl methyl sites for hydroxylation is 1. The Kier molecular flexibility index (Phi) is 4.51. The standard InChI is InChI=1S/C18H18ClN3O2S/c1-11-4-5-13(15(25)14(11)19)22-16(23)18(2,3)21(17(22)24)10-12-6-8-20-9-7-12/h4-9,25H,10H2,1-3H3. The van der Waals surface area contributed by atoms with Gasteiger partial charge in [-0.3, -0.25) is 9.78 Å². The summed E-state index contributed by atoms with van der Waals surface area (Å²) in [6.45, 7) is 5.64. The van der Waals surface area contributed by atoms with E-state index in [0.29, 0.717) is 22.2 Å². The Morgan fingerprint density at radius 1 is 1.16 bits per heavy atom. The van der Waals surface area contributed by atoms with Gasteiger partial charge in [-0.1, -0.05) is 17.7 Å². The molecule has 3 rings (SSSR count). The second-order valence-corrected chi connectivity index (χ2v) is 7.31. The number of thiol groups is 1. The fourth-order valence-corrected chi connectivity index (χ4v) is 3.33. The van der Waals surface area contributed by atoms with E-state index in [0.717, 1.165) is 16.0 Å². The van der Waals surface area contributed by atoms with E-state index in [1.54, 1.807) is 43.3 Å². The van der Waals surface area contributed by atoms with Crippen LogP contribution in [-0.4, -0.2) is 27.4 Å². The maximum atomic E-state index is 13.0. The first-order chi connectivity index (χ1) is 11.7. The molecule has 25 heavy (non-hydrogen) atoms. The fourth-order valence-electron chi connectivity index (χ4n) is 2.82. The number of anilines is 1. The highest BCUT2D eigenvalue weighted by Crippen LogP contribution is 2.39. The maximum absolute atomic E-state index is 13.0. The molecule has 0 atom stereocenters. The van der Waals surface area contributed by atoms with Crippen LogP contribution < -0.4 is 4.90 Å². The summed E-state index contributed by atoms with van der Waals surface area (Å²) in [6, 6.07) is 6.73. The third-order valence-electron chi connectivity index (χ3n) is 4.44. The highest BCUT2D eigenvalue weighted by atomic mass is 35.5. The molecule has 0 saturated carbocycles. The minimum absolute atomic E-state index is 0.304. The Morgan fingerprint density at radius 3 is 2.44 bits per heavy atom. The quantitative estimate of drug-likeness (QED) is 0.649. The minimum Gasteiger partial charge on any atom is -0.305 e. The molecular formula is C18H18ClN3O2S. The van der Waals surface area contributed by atoms with E-state index < -0.39 is 5.54 Å². The van der Waals surface area contributed by atoms with Gasteiger partial charge in [0.25, 0.3) is 5.91 Å². The SMILES string of the molecule is Cc1ccc(N2C(=O)N(Cc3ccncc3)C(C)(C)C2=O)c(S)c1Cl. The molecule has 2 aromatic rings. The summed E-state index contributed by atoms with van der Waals surface area (Å²) in [7, 11) is 0. The average molecular weight is 376 g/mol. The number of pyridine rings is 1. The van der Waals surface area contributed by atoms with Crippen LogP contribution in [0.4, 0.5) is 10.5 Å². The molecule has 130 valence electrons. The van der Waals surface area contributed by atoms with E-state index in [1.165, 1.54) is 0 Å². The Bertz CT molecular complexity index is 855. The van der Waals surface area contributed by atoms with E-state index in [4.69, 9.17) is 11.6 Å². The summed E-state index contributed by atoms with van der Waals surface area (Å²) in [4.78, 5) is 33.1. The molecule has 1 aliphatic rings. The summed E-state index contributed by atoms with van der Waals surface area (Å²) in [5.41, 5.74) is 1.17. The second kappa shape index (κ2) is 6.35. The van der Waals surface area contributed by atoms with Crippen LogP contribution >= 0.6 is 24.2 Å². The number of benzene rings is 1. The predicted molar refractivity (Wildman–Crippen MR) is 100 cm³/mol. The number of urea groups is 1. The zero-order valence-corrected chi connectivity index (χ0v) is 15.8. The second-order valence-electron chi connectivity index (χ2n) is 6.49. The van der Waals surface area contributed by atoms with Crippen molar-refractivity contribution in [2.45, 2.75) is 37.8 Å². The average Bonchev–Trinajstić information content (AvgIpc) is 2.75. The van der Waals surface area contributed by atoms with Gasteiger partial charge in [0.15, 0.2) is 0 Å². The van der Waals surface area contributed by atoms with Gasteiger partial charge in [0.2, 0.25) is 0 Å². The molecule has 5 nitrogen and oxygen atoms in total. The molecule has 1 saturated heterocycles. The molecule has 2 heterocycles. The number of halogens is 1. The van der Waals surface area contributed by atoms with E-state index >= 15 is 0 Å². The molecule has 1 aromatic carbocycles. The van der Waals surface area contributed by atoms with Gasteiger partial charge in [0.1, 0.15) is 5.54 Å². The van der Waals surface area contributed by atoms with Crippen LogP contribution in [0.5, 0.6) is 0 Å². The number of rotatable bonds is 3. The van der Waals surface area contributed by atoms with Crippen LogP contribution in [0.25, 0.3) is 0 Å². The first kappa shape index (κ1) is 17.8. The number of amides is 3. The normalized spacial score (nSPS) is 16.7. The summed E-state index contributed by atoms with van der Waals surface area (Å²) in [5, 5.41) is 0.437. The number of carbonyl (C=O) groups excluding carboxylic acids is 2. The highest BCUT2D eigenvalue weighted by Gasteiger charge is 2.52. The molecule has 0 bridgehead atoms. The first-order valence-corrected chi connectivity index (χ1v) is 8.60. The Morgan fingerprint density at radius 2 is 1.80 bits per heavy atom. The van der Waals surface area contributed by atoms with Gasteiger partial charge >= 0.3 is 6.03 Å². The molecule has 0 unspecified atom stereocenters. The Balaban J connectivity index is 2.02. The maximum Gasteiger partial charge on any atom is 0.332 e. The molecule has 3 amide bonds. The molecule has 1 fully saturated rings. The minimum atomic E-state index is -0.974. The van der Waals surface area contributed by atoms with Crippen molar-refractivity contribution in [2.24, 2.45) is 0 Å². The number of imide groups is 1. The van der Waals surface area contributed by atoms with Crippen molar-refractivity contribution in [3.8, 4) is 0 Å². The van der Waals surface area contributed by atoms with Crippen molar-refractivity contribution < 1.29 is 9.59 Å². The van der Waals surface area contributed by atoms with Crippen LogP contribution in [-0.2, 0) is 11.3 Å². The largest absolute Gasteiger partial charge is 0.332 e. The molecule has 1 aromatic heterocycles. The topological polar surface area (TPSA) is 53.5 Å². The molecule has 0 aliphatic carbocycles. The number of hydrogen-bond acceptors (Lipinski definition) is 4. The summed E-state index contributed by atoms with van der Waals surface area (Å²) in [5.74, 6) is -0.304. The van der Waals surface area contributed by atoms with Gasteiger partial charge in [0, 0.05) is 23.8 Å². The van der Waals surface area contributed by atoms with Gasteiger partial charge in [-0.2, -0.15) is 0 Å². The lowest BCUT2D eigenvalue weighted by Gasteiger charge is -2.27. The zero-order valence-electron chi connectivity index (χ0n) is 14.2. The Labute approximate surface area is 157 Å². The number of hydrogen-bond donors (Lipinski definition) is 1. The van der Waals surface area contributed by atoms with Crippen LogP contribution in [0.2, 0.25) is 5.02 Å². The third kappa shape index (κ3) is 2.89. The molecule has 0 spiro atoms. The Hall–Kier alpha value is -2.05. The van der Waals surface area contributed by atoms with E-state index in [9.17, 15) is 9.59 Å². The van der Waals surface area contributed by atoms with Crippen molar-refractivity contribution in [3.63, 3.8) is 0 Å². The lowest BCUT2D eigenvalue weighted by molar-refractivity contribution is -0.123. The van der Waals surface area contributed by atoms with Gasteiger partial charge < -0.3 is 4.90 Å². The number of nitrogens with zero attached hydrogens (tertiary/aromatic N) is 3. The lowest BCUT2D eigenvalue weighted by atomic mass is 10.0. The number of aromatic nitrogens is 1. The molecule has 0 N–H and O–H groups in total. The number of carbonyl (C=O) groups is 2. The first-order valence-electron chi connectivity index (χ1n) is 7.78. The van der Waals surface area contributed by atoms with Crippen molar-refractivity contribution in [3.05, 3.63) is 52.8 Å². The van der Waals surface area contributed by atoms with E-state index in [-0.39, 0.29) is 11.9 Å². The monoisotopic (exact) mass is 375 g/mol. The van der Waals surface area contributed by atoms with Crippen molar-refractivity contribution in [2.75, 3.05) is 4.90 Å². The summed E-state index contributed by atoms with van der Waals surface area (Å²) < 4.78 is 0. The van der Waals surface area contributed by atoms with Crippen LogP contribution in [0.3, 0.4) is 0 Å². The molecular weight excluding hydrogens is 358 g/mol. The highest BCUT2D eigenvalue weighted by molar-refractivity contribution is 7.80. The van der Waals surface area contributed by atoms with E-state index in [2.05, 4.69) is 17.6 Å². The van der Waals surface area contributed by atoms with Crippen LogP contribution in [0.15, 0.2) is 41.6 Å². The fraction of sp³-hybridized carbons (Fsp3) is 0.278. The third-order valence-corrected chi connectivity index (χ3v) is 5.51. The van der Waals surface area contributed by atoms with Crippen molar-refractivity contribution in [1.82, 2.24) is 9.88 Å². The van der Waals surface area contributed by atoms with Gasteiger partial charge in [0.05, 0.1) is 10.7 Å². The van der Waals surface area contributed by atoms with Crippen molar-refractivity contribution >= 4 is 41.9 Å². The van der Waals surface area contributed by atoms with Crippen LogP contribution in [0, 0.1) is 6.92 Å². The molecule has 0 radical (unpaired) electrons. The summed E-state index contributed by atoms with van der Waals surface area (Å²) in [6.07, 6.45) is 3.32. The van der Waals surface area contributed by atoms with Crippen LogP contribution in [0.1, 0.15) is 25.0 Å². The van der Waals surface area contributed by atoms with E-state index in [1.807, 2.05) is 19.1 Å². The predicted octanol–water partition coefficient (Wildman–Crippen LogP) is 4.08. The molecule has 7 heteroatoms. The molecule has 1 aliphatic heterocycles. The smallest absolute Gasteiger partial charge is 0.305 e. The lowest BCUT2D eigenvalue weighted by Crippen LogP contribution is -2.43.